The topological polar surface area (TPSA) is 29.1 Å². The van der Waals surface area contributed by atoms with Crippen molar-refractivity contribution in [1.29, 1.82) is 0 Å². The first-order chi connectivity index (χ1) is 9.56. The molecule has 0 spiro atoms. The van der Waals surface area contributed by atoms with E-state index in [0.29, 0.717) is 10.8 Å². The molecule has 2 rings (SSSR count). The number of hydrogen-bond acceptors (Lipinski definition) is 2. The third-order valence-electron chi connectivity index (χ3n) is 3.98. The van der Waals surface area contributed by atoms with Crippen LogP contribution in [0.25, 0.3) is 0 Å². The molecule has 1 atom stereocenters. The minimum atomic E-state index is -4.37. The maximum atomic E-state index is 12.1. The molecule has 118 valence electrons. The summed E-state index contributed by atoms with van der Waals surface area (Å²) in [7, 11) is 0. The smallest absolute Gasteiger partial charge is 0.342 e. The number of carbonyl (C=O) groups excluding carboxylic acids is 1. The van der Waals surface area contributed by atoms with Gasteiger partial charge in [0.15, 0.2) is 0 Å². The Balaban J connectivity index is 2.06. The van der Waals surface area contributed by atoms with Crippen LogP contribution in [0, 0.1) is 11.3 Å². The maximum Gasteiger partial charge on any atom is 0.405 e. The third kappa shape index (κ3) is 4.22. The number of carbonyl (C=O) groups is 1. The summed E-state index contributed by atoms with van der Waals surface area (Å²) < 4.78 is 36.4. The van der Waals surface area contributed by atoms with Crippen molar-refractivity contribution in [3.05, 3.63) is 21.4 Å². The standard InChI is InChI=1S/C15H20F3NOS/c1-14(2,3)10-4-5-11-9(6-10)7-12(21-11)13(20)19-8-15(16,17)18/h7,10H,4-6,8H2,1-3H3,(H,19,20). The zero-order chi connectivity index (χ0) is 15.8. The summed E-state index contributed by atoms with van der Waals surface area (Å²) >= 11 is 1.33. The Labute approximate surface area is 126 Å². The van der Waals surface area contributed by atoms with Gasteiger partial charge >= 0.3 is 6.18 Å². The molecule has 1 aliphatic rings. The van der Waals surface area contributed by atoms with Crippen molar-refractivity contribution in [2.24, 2.45) is 11.3 Å². The van der Waals surface area contributed by atoms with Gasteiger partial charge in [-0.15, -0.1) is 11.3 Å². The minimum Gasteiger partial charge on any atom is -0.342 e. The fraction of sp³-hybridized carbons (Fsp3) is 0.667. The van der Waals surface area contributed by atoms with Crippen LogP contribution in [0.2, 0.25) is 0 Å². The highest BCUT2D eigenvalue weighted by atomic mass is 32.1. The van der Waals surface area contributed by atoms with Gasteiger partial charge in [-0.05, 0) is 42.2 Å². The summed E-state index contributed by atoms with van der Waals surface area (Å²) in [4.78, 5) is 13.3. The van der Waals surface area contributed by atoms with Crippen molar-refractivity contribution in [3.8, 4) is 0 Å². The lowest BCUT2D eigenvalue weighted by Gasteiger charge is -2.33. The Morgan fingerprint density at radius 1 is 1.38 bits per heavy atom. The molecule has 1 heterocycles. The van der Waals surface area contributed by atoms with Crippen molar-refractivity contribution in [2.75, 3.05) is 6.54 Å². The van der Waals surface area contributed by atoms with Gasteiger partial charge in [-0.25, -0.2) is 0 Å². The Bertz CT molecular complexity index is 528. The Morgan fingerprint density at radius 3 is 2.62 bits per heavy atom. The molecule has 0 radical (unpaired) electrons. The molecule has 1 unspecified atom stereocenters. The summed E-state index contributed by atoms with van der Waals surface area (Å²) in [6, 6.07) is 1.77. The van der Waals surface area contributed by atoms with Crippen LogP contribution in [0.5, 0.6) is 0 Å². The van der Waals surface area contributed by atoms with Gasteiger partial charge in [0.2, 0.25) is 0 Å². The number of aryl methyl sites for hydroxylation is 1. The van der Waals surface area contributed by atoms with Gasteiger partial charge in [-0.2, -0.15) is 13.2 Å². The van der Waals surface area contributed by atoms with E-state index in [-0.39, 0.29) is 5.41 Å². The van der Waals surface area contributed by atoms with Gasteiger partial charge in [0.05, 0.1) is 4.88 Å². The Morgan fingerprint density at radius 2 is 2.05 bits per heavy atom. The zero-order valence-corrected chi connectivity index (χ0v) is 13.3. The van der Waals surface area contributed by atoms with E-state index in [1.807, 2.05) is 5.32 Å². The number of nitrogens with one attached hydrogen (secondary N) is 1. The van der Waals surface area contributed by atoms with E-state index < -0.39 is 18.6 Å². The van der Waals surface area contributed by atoms with Crippen LogP contribution in [0.4, 0.5) is 13.2 Å². The second kappa shape index (κ2) is 5.63. The number of fused-ring (bicyclic) bond motifs is 1. The van der Waals surface area contributed by atoms with Gasteiger partial charge in [0, 0.05) is 4.88 Å². The third-order valence-corrected chi connectivity index (χ3v) is 5.22. The molecule has 0 saturated heterocycles. The van der Waals surface area contributed by atoms with Gasteiger partial charge in [-0.3, -0.25) is 4.79 Å². The lowest BCUT2D eigenvalue weighted by atomic mass is 9.72. The van der Waals surface area contributed by atoms with Crippen LogP contribution in [0.3, 0.4) is 0 Å². The highest BCUT2D eigenvalue weighted by Gasteiger charge is 2.31. The first-order valence-electron chi connectivity index (χ1n) is 7.03. The summed E-state index contributed by atoms with van der Waals surface area (Å²) in [6.45, 7) is 5.32. The highest BCUT2D eigenvalue weighted by molar-refractivity contribution is 7.14. The molecule has 0 saturated carbocycles. The number of hydrogen-bond donors (Lipinski definition) is 1. The van der Waals surface area contributed by atoms with Crippen molar-refractivity contribution >= 4 is 17.2 Å². The first kappa shape index (κ1) is 16.3. The fourth-order valence-corrected chi connectivity index (χ4v) is 3.77. The van der Waals surface area contributed by atoms with E-state index in [0.717, 1.165) is 29.7 Å². The predicted molar refractivity (Wildman–Crippen MR) is 77.7 cm³/mol. The molecule has 6 heteroatoms. The SMILES string of the molecule is CC(C)(C)C1CCc2sc(C(=O)NCC(F)(F)F)cc2C1. The summed E-state index contributed by atoms with van der Waals surface area (Å²) in [6.07, 6.45) is -1.49. The van der Waals surface area contributed by atoms with Crippen molar-refractivity contribution in [3.63, 3.8) is 0 Å². The van der Waals surface area contributed by atoms with Gasteiger partial charge in [0.25, 0.3) is 5.91 Å². The lowest BCUT2D eigenvalue weighted by molar-refractivity contribution is -0.123. The number of rotatable bonds is 2. The van der Waals surface area contributed by atoms with E-state index in [1.54, 1.807) is 6.07 Å². The summed E-state index contributed by atoms with van der Waals surface area (Å²) in [5, 5.41) is 1.94. The van der Waals surface area contributed by atoms with E-state index >= 15 is 0 Å². The molecular formula is C15H20F3NOS. The van der Waals surface area contributed by atoms with E-state index in [1.165, 1.54) is 11.3 Å². The normalized spacial score (nSPS) is 19.2. The monoisotopic (exact) mass is 319 g/mol. The predicted octanol–water partition coefficient (Wildman–Crippen LogP) is 4.19. The molecule has 0 bridgehead atoms. The van der Waals surface area contributed by atoms with Crippen LogP contribution in [0.1, 0.15) is 47.3 Å². The van der Waals surface area contributed by atoms with Crippen molar-refractivity contribution in [1.82, 2.24) is 5.32 Å². The molecule has 0 fully saturated rings. The molecule has 1 aromatic rings. The Hall–Kier alpha value is -1.04. The molecule has 1 aromatic heterocycles. The van der Waals surface area contributed by atoms with Crippen LogP contribution in [0.15, 0.2) is 6.07 Å². The molecular weight excluding hydrogens is 299 g/mol. The molecule has 1 aliphatic carbocycles. The van der Waals surface area contributed by atoms with Crippen LogP contribution in [-0.2, 0) is 12.8 Å². The van der Waals surface area contributed by atoms with E-state index in [4.69, 9.17) is 0 Å². The quantitative estimate of drug-likeness (QED) is 0.870. The number of thiophene rings is 1. The Kier molecular flexibility index (Phi) is 4.38. The largest absolute Gasteiger partial charge is 0.405 e. The molecule has 0 aromatic carbocycles. The minimum absolute atomic E-state index is 0.207. The van der Waals surface area contributed by atoms with Gasteiger partial charge in [-0.1, -0.05) is 20.8 Å². The van der Waals surface area contributed by atoms with Gasteiger partial charge < -0.3 is 5.32 Å². The maximum absolute atomic E-state index is 12.1. The first-order valence-corrected chi connectivity index (χ1v) is 7.84. The van der Waals surface area contributed by atoms with Crippen LogP contribution < -0.4 is 5.32 Å². The second-order valence-electron chi connectivity index (χ2n) is 6.66. The van der Waals surface area contributed by atoms with Crippen molar-refractivity contribution < 1.29 is 18.0 Å². The number of alkyl halides is 3. The fourth-order valence-electron chi connectivity index (χ4n) is 2.64. The summed E-state index contributed by atoms with van der Waals surface area (Å²) in [5.41, 5.74) is 1.33. The average molecular weight is 319 g/mol. The zero-order valence-electron chi connectivity index (χ0n) is 12.4. The van der Waals surface area contributed by atoms with Crippen LogP contribution in [-0.4, -0.2) is 18.6 Å². The highest BCUT2D eigenvalue weighted by Crippen LogP contribution is 2.40. The molecule has 21 heavy (non-hydrogen) atoms. The molecule has 1 N–H and O–H groups in total. The van der Waals surface area contributed by atoms with Crippen molar-refractivity contribution in [2.45, 2.75) is 46.2 Å². The molecule has 0 aliphatic heterocycles. The summed E-state index contributed by atoms with van der Waals surface area (Å²) in [5.74, 6) is -0.0790. The van der Waals surface area contributed by atoms with E-state index in [9.17, 15) is 18.0 Å². The molecule has 2 nitrogen and oxygen atoms in total. The lowest BCUT2D eigenvalue weighted by Crippen LogP contribution is -2.33. The second-order valence-corrected chi connectivity index (χ2v) is 7.80. The average Bonchev–Trinajstić information content (AvgIpc) is 2.76. The number of halogens is 3. The number of amides is 1. The van der Waals surface area contributed by atoms with E-state index in [2.05, 4.69) is 20.8 Å². The molecule has 1 amide bonds. The van der Waals surface area contributed by atoms with Crippen LogP contribution >= 0.6 is 11.3 Å². The van der Waals surface area contributed by atoms with Gasteiger partial charge in [0.1, 0.15) is 6.54 Å².